The van der Waals surface area contributed by atoms with Gasteiger partial charge in [0, 0.05) is 35.1 Å². The number of anilines is 1. The lowest BCUT2D eigenvalue weighted by Crippen LogP contribution is -2.28. The zero-order valence-electron chi connectivity index (χ0n) is 16.1. The Morgan fingerprint density at radius 3 is 2.34 bits per heavy atom. The van der Waals surface area contributed by atoms with Crippen LogP contribution in [0.1, 0.15) is 29.9 Å². The molecule has 2 N–H and O–H groups in total. The van der Waals surface area contributed by atoms with Gasteiger partial charge in [-0.2, -0.15) is 0 Å². The van der Waals surface area contributed by atoms with E-state index in [2.05, 4.69) is 5.32 Å². The van der Waals surface area contributed by atoms with Gasteiger partial charge in [-0.1, -0.05) is 11.6 Å². The van der Waals surface area contributed by atoms with Gasteiger partial charge in [0.05, 0.1) is 4.90 Å². The van der Waals surface area contributed by atoms with E-state index in [4.69, 9.17) is 11.6 Å². The summed E-state index contributed by atoms with van der Waals surface area (Å²) in [4.78, 5) is 23.9. The molecule has 0 aliphatic rings. The van der Waals surface area contributed by atoms with Crippen molar-refractivity contribution in [2.45, 2.75) is 32.2 Å². The fourth-order valence-corrected chi connectivity index (χ4v) is 4.43. The van der Waals surface area contributed by atoms with Gasteiger partial charge in [-0.15, -0.1) is 0 Å². The lowest BCUT2D eigenvalue weighted by atomic mass is 10.1. The van der Waals surface area contributed by atoms with Gasteiger partial charge in [0.25, 0.3) is 15.9 Å². The molecule has 29 heavy (non-hydrogen) atoms. The van der Waals surface area contributed by atoms with E-state index >= 15 is 0 Å². The second kappa shape index (κ2) is 7.88. The number of carbonyl (C=O) groups is 2. The summed E-state index contributed by atoms with van der Waals surface area (Å²) in [6.45, 7) is 5.53. The van der Waals surface area contributed by atoms with Gasteiger partial charge in [0.1, 0.15) is 5.69 Å². The van der Waals surface area contributed by atoms with Crippen LogP contribution in [-0.2, 0) is 21.4 Å². The zero-order chi connectivity index (χ0) is 21.3. The molecular weight excluding hydrogens is 414 g/mol. The molecule has 3 rings (SSSR count). The van der Waals surface area contributed by atoms with E-state index in [9.17, 15) is 18.0 Å². The molecule has 0 aliphatic carbocycles. The third-order valence-electron chi connectivity index (χ3n) is 4.51. The van der Waals surface area contributed by atoms with Gasteiger partial charge < -0.3 is 9.88 Å². The molecule has 152 valence electrons. The maximum Gasteiger partial charge on any atom is 0.272 e. The predicted molar refractivity (Wildman–Crippen MR) is 113 cm³/mol. The molecule has 0 radical (unpaired) electrons. The topological polar surface area (TPSA) is 97.3 Å². The average Bonchev–Trinajstić information content (AvgIpc) is 2.92. The summed E-state index contributed by atoms with van der Waals surface area (Å²) in [5.41, 5.74) is 2.67. The number of halogens is 1. The van der Waals surface area contributed by atoms with Crippen LogP contribution in [0.5, 0.6) is 0 Å². The number of carbonyl (C=O) groups excluding carboxylic acids is 2. The molecule has 1 heterocycles. The Hall–Kier alpha value is -2.84. The predicted octanol–water partition coefficient (Wildman–Crippen LogP) is 3.70. The van der Waals surface area contributed by atoms with Gasteiger partial charge in [-0.05, 0) is 61.9 Å². The highest BCUT2D eigenvalue weighted by Crippen LogP contribution is 2.29. The van der Waals surface area contributed by atoms with Crippen LogP contribution in [0.25, 0.3) is 10.9 Å². The van der Waals surface area contributed by atoms with E-state index in [1.165, 1.54) is 24.3 Å². The second-order valence-electron chi connectivity index (χ2n) is 6.52. The van der Waals surface area contributed by atoms with E-state index < -0.39 is 15.9 Å². The normalized spacial score (nSPS) is 11.4. The molecule has 2 amide bonds. The molecule has 0 atom stereocenters. The van der Waals surface area contributed by atoms with E-state index in [-0.39, 0.29) is 10.8 Å². The number of fused-ring (bicyclic) bond motifs is 1. The number of sulfonamides is 1. The quantitative estimate of drug-likeness (QED) is 0.641. The summed E-state index contributed by atoms with van der Waals surface area (Å²) in [5, 5.41) is 4.29. The van der Waals surface area contributed by atoms with Crippen LogP contribution in [0, 0.1) is 6.92 Å². The number of amides is 2. The van der Waals surface area contributed by atoms with E-state index in [1.54, 1.807) is 6.07 Å². The van der Waals surface area contributed by atoms with Crippen molar-refractivity contribution in [1.29, 1.82) is 0 Å². The van der Waals surface area contributed by atoms with Crippen LogP contribution in [0.4, 0.5) is 5.69 Å². The van der Waals surface area contributed by atoms with Crippen molar-refractivity contribution in [3.05, 3.63) is 58.7 Å². The van der Waals surface area contributed by atoms with Gasteiger partial charge in [-0.25, -0.2) is 13.1 Å². The van der Waals surface area contributed by atoms with Crippen LogP contribution >= 0.6 is 11.6 Å². The fraction of sp³-hybridized carbons (Fsp3) is 0.200. The SMILES string of the molecule is CCn1c(C(=O)Nc2ccc(S(=O)(=O)NC(C)=O)cc2)c(C)c2cc(Cl)ccc21. The van der Waals surface area contributed by atoms with Gasteiger partial charge in [-0.3, -0.25) is 9.59 Å². The largest absolute Gasteiger partial charge is 0.337 e. The summed E-state index contributed by atoms with van der Waals surface area (Å²) in [6, 6.07) is 11.1. The van der Waals surface area contributed by atoms with Gasteiger partial charge in [0.2, 0.25) is 5.91 Å². The molecular formula is C20H20ClN3O4S. The van der Waals surface area contributed by atoms with Gasteiger partial charge >= 0.3 is 0 Å². The van der Waals surface area contributed by atoms with Crippen molar-refractivity contribution in [3.8, 4) is 0 Å². The molecule has 7 nitrogen and oxygen atoms in total. The van der Waals surface area contributed by atoms with Crippen molar-refractivity contribution in [2.75, 3.05) is 5.32 Å². The fourth-order valence-electron chi connectivity index (χ4n) is 3.27. The minimum atomic E-state index is -3.92. The first-order valence-electron chi connectivity index (χ1n) is 8.87. The highest BCUT2D eigenvalue weighted by atomic mass is 35.5. The number of aromatic nitrogens is 1. The van der Waals surface area contributed by atoms with Crippen molar-refractivity contribution in [1.82, 2.24) is 9.29 Å². The highest BCUT2D eigenvalue weighted by molar-refractivity contribution is 7.90. The van der Waals surface area contributed by atoms with Crippen molar-refractivity contribution >= 4 is 50.0 Å². The van der Waals surface area contributed by atoms with Crippen LogP contribution in [0.3, 0.4) is 0 Å². The number of nitrogens with zero attached hydrogens (tertiary/aromatic N) is 1. The Morgan fingerprint density at radius 1 is 1.10 bits per heavy atom. The smallest absolute Gasteiger partial charge is 0.272 e. The van der Waals surface area contributed by atoms with Crippen LogP contribution in [0.2, 0.25) is 5.02 Å². The number of aryl methyl sites for hydroxylation is 2. The molecule has 2 aromatic carbocycles. The van der Waals surface area contributed by atoms with Gasteiger partial charge in [0.15, 0.2) is 0 Å². The molecule has 0 unspecified atom stereocenters. The number of hydrogen-bond acceptors (Lipinski definition) is 4. The summed E-state index contributed by atoms with van der Waals surface area (Å²) in [5.74, 6) is -0.987. The van der Waals surface area contributed by atoms with E-state index in [0.717, 1.165) is 23.4 Å². The minimum absolute atomic E-state index is 0.0702. The first kappa shape index (κ1) is 20.9. The molecule has 0 saturated carbocycles. The first-order valence-corrected chi connectivity index (χ1v) is 10.7. The third kappa shape index (κ3) is 4.13. The Bertz CT molecular complexity index is 1210. The maximum absolute atomic E-state index is 13.0. The summed E-state index contributed by atoms with van der Waals surface area (Å²) in [7, 11) is -3.92. The second-order valence-corrected chi connectivity index (χ2v) is 8.64. The monoisotopic (exact) mass is 433 g/mol. The Kier molecular flexibility index (Phi) is 5.68. The number of hydrogen-bond donors (Lipinski definition) is 2. The molecule has 9 heteroatoms. The molecule has 0 fully saturated rings. The molecule has 1 aromatic heterocycles. The van der Waals surface area contributed by atoms with E-state index in [1.807, 2.05) is 35.3 Å². The number of nitrogens with one attached hydrogen (secondary N) is 2. The highest BCUT2D eigenvalue weighted by Gasteiger charge is 2.20. The standard InChI is InChI=1S/C20H20ClN3O4S/c1-4-24-18-10-5-14(21)11-17(18)12(2)19(24)20(26)22-15-6-8-16(9-7-15)29(27,28)23-13(3)25/h5-11H,4H2,1-3H3,(H,22,26)(H,23,25). The maximum atomic E-state index is 13.0. The molecule has 3 aromatic rings. The molecule has 0 spiro atoms. The first-order chi connectivity index (χ1) is 13.6. The summed E-state index contributed by atoms with van der Waals surface area (Å²) >= 11 is 6.10. The zero-order valence-corrected chi connectivity index (χ0v) is 17.7. The lowest BCUT2D eigenvalue weighted by Gasteiger charge is -2.11. The van der Waals surface area contributed by atoms with E-state index in [0.29, 0.717) is 22.9 Å². The Morgan fingerprint density at radius 2 is 1.76 bits per heavy atom. The number of rotatable bonds is 5. The minimum Gasteiger partial charge on any atom is -0.337 e. The van der Waals surface area contributed by atoms with Crippen LogP contribution in [0.15, 0.2) is 47.4 Å². The molecule has 0 saturated heterocycles. The molecule has 0 bridgehead atoms. The molecule has 0 aliphatic heterocycles. The Labute approximate surface area is 173 Å². The average molecular weight is 434 g/mol. The van der Waals surface area contributed by atoms with Crippen molar-refractivity contribution < 1.29 is 18.0 Å². The summed E-state index contributed by atoms with van der Waals surface area (Å²) in [6.07, 6.45) is 0. The summed E-state index contributed by atoms with van der Waals surface area (Å²) < 4.78 is 27.8. The lowest BCUT2D eigenvalue weighted by molar-refractivity contribution is -0.117. The third-order valence-corrected chi connectivity index (χ3v) is 6.19. The van der Waals surface area contributed by atoms with Crippen LogP contribution < -0.4 is 10.0 Å². The number of benzene rings is 2. The Balaban J connectivity index is 1.91. The van der Waals surface area contributed by atoms with Crippen LogP contribution in [-0.4, -0.2) is 24.8 Å². The van der Waals surface area contributed by atoms with Crippen molar-refractivity contribution in [3.63, 3.8) is 0 Å². The van der Waals surface area contributed by atoms with Crippen molar-refractivity contribution in [2.24, 2.45) is 0 Å².